The molecule has 1 aromatic rings. The molecule has 2 atom stereocenters. The molecule has 0 bridgehead atoms. The van der Waals surface area contributed by atoms with Crippen LogP contribution in [0.2, 0.25) is 0 Å². The van der Waals surface area contributed by atoms with Gasteiger partial charge in [-0.1, -0.05) is 19.8 Å². The summed E-state index contributed by atoms with van der Waals surface area (Å²) in [5, 5.41) is 13.1. The summed E-state index contributed by atoms with van der Waals surface area (Å²) >= 11 is 0. The lowest BCUT2D eigenvalue weighted by molar-refractivity contribution is 0.149. The van der Waals surface area contributed by atoms with Crippen molar-refractivity contribution in [2.24, 2.45) is 5.92 Å². The molecule has 2 N–H and O–H groups in total. The molecule has 0 saturated heterocycles. The maximum atomic E-state index is 9.70. The van der Waals surface area contributed by atoms with Crippen molar-refractivity contribution in [3.63, 3.8) is 0 Å². The average Bonchev–Trinajstić information content (AvgIpc) is 2.32. The highest BCUT2D eigenvalue weighted by molar-refractivity contribution is 5.41. The van der Waals surface area contributed by atoms with Crippen LogP contribution >= 0.6 is 0 Å². The highest BCUT2D eigenvalue weighted by Gasteiger charge is 2.34. The Morgan fingerprint density at radius 2 is 2.24 bits per heavy atom. The Hall–Kier alpha value is -1.16. The zero-order valence-corrected chi connectivity index (χ0v) is 10.6. The molecule has 1 aliphatic rings. The molecule has 1 fully saturated rings. The van der Waals surface area contributed by atoms with Crippen molar-refractivity contribution >= 4 is 5.82 Å². The van der Waals surface area contributed by atoms with Crippen molar-refractivity contribution in [2.75, 3.05) is 11.9 Å². The Labute approximate surface area is 102 Å². The highest BCUT2D eigenvalue weighted by atomic mass is 16.3. The quantitative estimate of drug-likeness (QED) is 0.842. The monoisotopic (exact) mass is 235 g/mol. The SMILES string of the molecule is Cc1nccnc1NC1(CO)CCCC(C)C1. The first kappa shape index (κ1) is 12.3. The van der Waals surface area contributed by atoms with Crippen LogP contribution in [0.3, 0.4) is 0 Å². The van der Waals surface area contributed by atoms with Gasteiger partial charge in [0.25, 0.3) is 0 Å². The first-order valence-electron chi connectivity index (χ1n) is 6.32. The van der Waals surface area contributed by atoms with Crippen molar-refractivity contribution in [3.8, 4) is 0 Å². The second-order valence-electron chi connectivity index (χ2n) is 5.26. The van der Waals surface area contributed by atoms with Crippen LogP contribution in [0.4, 0.5) is 5.82 Å². The van der Waals surface area contributed by atoms with Crippen molar-refractivity contribution < 1.29 is 5.11 Å². The predicted molar refractivity (Wildman–Crippen MR) is 67.8 cm³/mol. The fraction of sp³-hybridized carbons (Fsp3) is 0.692. The molecule has 0 aliphatic heterocycles. The minimum absolute atomic E-state index is 0.160. The molecule has 0 amide bonds. The van der Waals surface area contributed by atoms with E-state index in [0.29, 0.717) is 5.92 Å². The lowest BCUT2D eigenvalue weighted by Crippen LogP contribution is -2.46. The van der Waals surface area contributed by atoms with Crippen LogP contribution in [0.5, 0.6) is 0 Å². The third kappa shape index (κ3) is 2.75. The topological polar surface area (TPSA) is 58.0 Å². The Bertz CT molecular complexity index is 383. The summed E-state index contributed by atoms with van der Waals surface area (Å²) in [7, 11) is 0. The van der Waals surface area contributed by atoms with E-state index >= 15 is 0 Å². The number of anilines is 1. The van der Waals surface area contributed by atoms with E-state index in [1.807, 2.05) is 6.92 Å². The first-order chi connectivity index (χ1) is 8.15. The third-order valence-corrected chi connectivity index (χ3v) is 3.66. The summed E-state index contributed by atoms with van der Waals surface area (Å²) < 4.78 is 0. The second kappa shape index (κ2) is 5.00. The van der Waals surface area contributed by atoms with Gasteiger partial charge in [-0.25, -0.2) is 4.98 Å². The molecule has 17 heavy (non-hydrogen) atoms. The van der Waals surface area contributed by atoms with Gasteiger partial charge in [-0.2, -0.15) is 0 Å². The fourth-order valence-electron chi connectivity index (χ4n) is 2.74. The van der Waals surface area contributed by atoms with Crippen LogP contribution in [0.15, 0.2) is 12.4 Å². The molecule has 0 aromatic carbocycles. The van der Waals surface area contributed by atoms with Gasteiger partial charge in [0.1, 0.15) is 5.82 Å². The third-order valence-electron chi connectivity index (χ3n) is 3.66. The molecule has 4 heteroatoms. The van der Waals surface area contributed by atoms with Gasteiger partial charge in [0, 0.05) is 12.4 Å². The van der Waals surface area contributed by atoms with E-state index in [1.54, 1.807) is 12.4 Å². The van der Waals surface area contributed by atoms with Gasteiger partial charge in [-0.15, -0.1) is 0 Å². The van der Waals surface area contributed by atoms with E-state index < -0.39 is 0 Å². The van der Waals surface area contributed by atoms with Crippen LogP contribution in [-0.4, -0.2) is 27.2 Å². The van der Waals surface area contributed by atoms with E-state index in [0.717, 1.165) is 30.8 Å². The van der Waals surface area contributed by atoms with Crippen molar-refractivity contribution in [1.29, 1.82) is 0 Å². The zero-order valence-electron chi connectivity index (χ0n) is 10.6. The molecule has 2 unspecified atom stereocenters. The van der Waals surface area contributed by atoms with Gasteiger partial charge < -0.3 is 10.4 Å². The van der Waals surface area contributed by atoms with Gasteiger partial charge in [0.15, 0.2) is 0 Å². The van der Waals surface area contributed by atoms with Gasteiger partial charge in [-0.3, -0.25) is 4.98 Å². The molecule has 0 spiro atoms. The number of hydrogen-bond donors (Lipinski definition) is 2. The van der Waals surface area contributed by atoms with E-state index in [4.69, 9.17) is 0 Å². The smallest absolute Gasteiger partial charge is 0.147 e. The fourth-order valence-corrected chi connectivity index (χ4v) is 2.74. The van der Waals surface area contributed by atoms with Crippen LogP contribution in [0.25, 0.3) is 0 Å². The molecule has 1 aromatic heterocycles. The summed E-state index contributed by atoms with van der Waals surface area (Å²) in [6.45, 7) is 4.34. The lowest BCUT2D eigenvalue weighted by atomic mass is 9.77. The minimum Gasteiger partial charge on any atom is -0.394 e. The molecule has 2 rings (SSSR count). The Morgan fingerprint density at radius 1 is 1.47 bits per heavy atom. The van der Waals surface area contributed by atoms with Gasteiger partial charge >= 0.3 is 0 Å². The van der Waals surface area contributed by atoms with Crippen molar-refractivity contribution in [1.82, 2.24) is 9.97 Å². The maximum Gasteiger partial charge on any atom is 0.147 e. The number of rotatable bonds is 3. The number of nitrogens with zero attached hydrogens (tertiary/aromatic N) is 2. The van der Waals surface area contributed by atoms with Crippen LogP contribution in [-0.2, 0) is 0 Å². The Morgan fingerprint density at radius 3 is 2.88 bits per heavy atom. The van der Waals surface area contributed by atoms with Crippen molar-refractivity contribution in [2.45, 2.75) is 45.1 Å². The van der Waals surface area contributed by atoms with Crippen LogP contribution < -0.4 is 5.32 Å². The molecular weight excluding hydrogens is 214 g/mol. The number of aliphatic hydroxyl groups is 1. The molecular formula is C13H21N3O. The van der Waals surface area contributed by atoms with Crippen molar-refractivity contribution in [3.05, 3.63) is 18.1 Å². The summed E-state index contributed by atoms with van der Waals surface area (Å²) in [6.07, 6.45) is 7.79. The molecule has 4 nitrogen and oxygen atoms in total. The minimum atomic E-state index is -0.210. The molecule has 94 valence electrons. The van der Waals surface area contributed by atoms with Crippen LogP contribution in [0.1, 0.15) is 38.3 Å². The number of aromatic nitrogens is 2. The van der Waals surface area contributed by atoms with Gasteiger partial charge in [-0.05, 0) is 25.7 Å². The standard InChI is InChI=1S/C13H21N3O/c1-10-4-3-5-13(8-10,9-17)16-12-11(2)14-6-7-15-12/h6-7,10,17H,3-5,8-9H2,1-2H3,(H,15,16). The molecule has 1 saturated carbocycles. The lowest BCUT2D eigenvalue weighted by Gasteiger charge is -2.40. The normalized spacial score (nSPS) is 29.0. The van der Waals surface area contributed by atoms with E-state index in [-0.39, 0.29) is 12.1 Å². The predicted octanol–water partition coefficient (Wildman–Crippen LogP) is 2.14. The van der Waals surface area contributed by atoms with Gasteiger partial charge in [0.2, 0.25) is 0 Å². The zero-order chi connectivity index (χ0) is 12.3. The van der Waals surface area contributed by atoms with E-state index in [2.05, 4.69) is 22.2 Å². The highest BCUT2D eigenvalue weighted by Crippen LogP contribution is 2.34. The summed E-state index contributed by atoms with van der Waals surface area (Å²) in [4.78, 5) is 8.53. The van der Waals surface area contributed by atoms with Gasteiger partial charge in [0.05, 0.1) is 17.8 Å². The number of aryl methyl sites for hydroxylation is 1. The maximum absolute atomic E-state index is 9.70. The largest absolute Gasteiger partial charge is 0.394 e. The summed E-state index contributed by atoms with van der Waals surface area (Å²) in [5.74, 6) is 1.45. The second-order valence-corrected chi connectivity index (χ2v) is 5.26. The summed E-state index contributed by atoms with van der Waals surface area (Å²) in [6, 6.07) is 0. The van der Waals surface area contributed by atoms with Crippen LogP contribution in [0, 0.1) is 12.8 Å². The average molecular weight is 235 g/mol. The van der Waals surface area contributed by atoms with E-state index in [1.165, 1.54) is 6.42 Å². The first-order valence-corrected chi connectivity index (χ1v) is 6.32. The Balaban J connectivity index is 2.17. The number of aliphatic hydroxyl groups excluding tert-OH is 1. The molecule has 1 aliphatic carbocycles. The Kier molecular flexibility index (Phi) is 3.62. The molecule has 1 heterocycles. The molecule has 0 radical (unpaired) electrons. The summed E-state index contributed by atoms with van der Waals surface area (Å²) in [5.41, 5.74) is 0.678. The van der Waals surface area contributed by atoms with E-state index in [9.17, 15) is 5.11 Å². The number of nitrogens with one attached hydrogen (secondary N) is 1. The number of hydrogen-bond acceptors (Lipinski definition) is 4.